The van der Waals surface area contributed by atoms with Crippen molar-refractivity contribution in [2.75, 3.05) is 29.9 Å². The Labute approximate surface area is 336 Å². The van der Waals surface area contributed by atoms with Gasteiger partial charge >= 0.3 is 0 Å². The Balaban J connectivity index is 1.76. The maximum absolute atomic E-state index is 13.8. The minimum atomic E-state index is -1.21. The van der Waals surface area contributed by atoms with E-state index in [2.05, 4.69) is 61.8 Å². The van der Waals surface area contributed by atoms with Gasteiger partial charge in [-0.2, -0.15) is 25.3 Å². The Kier molecular flexibility index (Phi) is 18.6. The quantitative estimate of drug-likeness (QED) is 0.0246. The van der Waals surface area contributed by atoms with Gasteiger partial charge in [0.05, 0.1) is 0 Å². The summed E-state index contributed by atoms with van der Waals surface area (Å²) in [6, 6.07) is 16.8. The van der Waals surface area contributed by atoms with Crippen molar-refractivity contribution < 1.29 is 24.0 Å². The molecule has 3 rings (SSSR count). The molecule has 0 aliphatic heterocycles. The van der Waals surface area contributed by atoms with Crippen molar-refractivity contribution in [2.45, 2.75) is 62.3 Å². The number of carbonyl (C=O) groups is 5. The molecule has 0 spiro atoms. The molecule has 302 valence electrons. The Morgan fingerprint density at radius 2 is 1.02 bits per heavy atom. The van der Waals surface area contributed by atoms with Crippen LogP contribution in [0.1, 0.15) is 31.2 Å². The highest BCUT2D eigenvalue weighted by atomic mass is 32.1. The minimum Gasteiger partial charge on any atom is -0.373 e. The van der Waals surface area contributed by atoms with E-state index in [1.165, 1.54) is 0 Å². The lowest BCUT2D eigenvalue weighted by molar-refractivity contribution is -0.134. The average Bonchev–Trinajstić information content (AvgIpc) is 3.17. The predicted molar refractivity (Wildman–Crippen MR) is 226 cm³/mol. The van der Waals surface area contributed by atoms with E-state index in [9.17, 15) is 24.0 Å². The molecular weight excluding hydrogens is 757 g/mol. The smallest absolute Gasteiger partial charge is 0.244 e. The molecule has 0 unspecified atom stereocenters. The number of primary amides is 1. The number of hydrogen-bond acceptors (Lipinski definition) is 10. The summed E-state index contributed by atoms with van der Waals surface area (Å²) in [6.07, 6.45) is 1.19. The number of guanidine groups is 2. The number of nitrogens with one attached hydrogen (secondary N) is 5. The van der Waals surface area contributed by atoms with Gasteiger partial charge in [-0.3, -0.25) is 34.0 Å². The number of benzene rings is 3. The molecule has 0 saturated carbocycles. The van der Waals surface area contributed by atoms with Crippen LogP contribution in [0.25, 0.3) is 10.8 Å². The van der Waals surface area contributed by atoms with Crippen molar-refractivity contribution in [1.29, 1.82) is 0 Å². The van der Waals surface area contributed by atoms with Crippen LogP contribution >= 0.6 is 25.3 Å². The number of hydrogen-bond donors (Lipinski definition) is 12. The summed E-state index contributed by atoms with van der Waals surface area (Å²) in [4.78, 5) is 74.6. The van der Waals surface area contributed by atoms with E-state index in [0.29, 0.717) is 18.5 Å². The van der Waals surface area contributed by atoms with Crippen molar-refractivity contribution >= 4 is 83.2 Å². The summed E-state index contributed by atoms with van der Waals surface area (Å²) in [5.41, 5.74) is 28.9. The van der Waals surface area contributed by atoms with Crippen molar-refractivity contribution in [3.8, 4) is 0 Å². The van der Waals surface area contributed by atoms with E-state index >= 15 is 0 Å². The van der Waals surface area contributed by atoms with Crippen LogP contribution in [0.5, 0.6) is 0 Å². The Morgan fingerprint density at radius 3 is 1.57 bits per heavy atom. The molecule has 0 radical (unpaired) electrons. The number of nitrogens with two attached hydrogens (primary N) is 5. The van der Waals surface area contributed by atoms with Crippen LogP contribution in [0.3, 0.4) is 0 Å². The fourth-order valence-corrected chi connectivity index (χ4v) is 6.15. The van der Waals surface area contributed by atoms with Crippen LogP contribution in [0.2, 0.25) is 0 Å². The van der Waals surface area contributed by atoms with Gasteiger partial charge in [-0.1, -0.05) is 66.7 Å². The number of carbonyl (C=O) groups excluding carboxylic acids is 5. The summed E-state index contributed by atoms with van der Waals surface area (Å²) >= 11 is 8.57. The number of fused-ring (bicyclic) bond motifs is 1. The van der Waals surface area contributed by atoms with E-state index < -0.39 is 59.7 Å². The summed E-state index contributed by atoms with van der Waals surface area (Å²) in [5, 5.41) is 15.8. The lowest BCUT2D eigenvalue weighted by Crippen LogP contribution is -2.59. The zero-order chi connectivity index (χ0) is 41.0. The van der Waals surface area contributed by atoms with Crippen LogP contribution in [-0.4, -0.2) is 96.3 Å². The molecular formula is C37H52N12O5S2. The molecule has 19 heteroatoms. The van der Waals surface area contributed by atoms with Gasteiger partial charge in [0.2, 0.25) is 29.5 Å². The first kappa shape index (κ1) is 44.7. The van der Waals surface area contributed by atoms with E-state index in [0.717, 1.165) is 16.3 Å². The normalized spacial score (nSPS) is 13.5. The lowest BCUT2D eigenvalue weighted by atomic mass is 10.0. The van der Waals surface area contributed by atoms with Crippen molar-refractivity contribution in [3.05, 3.63) is 78.4 Å². The molecule has 0 aromatic heterocycles. The summed E-state index contributed by atoms with van der Waals surface area (Å²) in [5.74, 6) is -3.89. The molecule has 17 nitrogen and oxygen atoms in total. The molecule has 0 saturated heterocycles. The Morgan fingerprint density at radius 1 is 0.554 bits per heavy atom. The van der Waals surface area contributed by atoms with E-state index in [1.807, 2.05) is 48.5 Å². The number of anilines is 1. The van der Waals surface area contributed by atoms with Gasteiger partial charge in [0, 0.05) is 42.1 Å². The lowest BCUT2D eigenvalue weighted by Gasteiger charge is -2.26. The second-order valence-electron chi connectivity index (χ2n) is 12.8. The summed E-state index contributed by atoms with van der Waals surface area (Å²) < 4.78 is 0. The number of nitrogens with zero attached hydrogens (tertiary/aromatic N) is 2. The highest BCUT2D eigenvalue weighted by molar-refractivity contribution is 7.80. The van der Waals surface area contributed by atoms with Crippen molar-refractivity contribution in [3.63, 3.8) is 0 Å². The van der Waals surface area contributed by atoms with Crippen LogP contribution in [0.4, 0.5) is 5.69 Å². The first-order valence-corrected chi connectivity index (χ1v) is 19.2. The Hall–Kier alpha value is -5.69. The van der Waals surface area contributed by atoms with E-state index in [1.54, 1.807) is 24.3 Å². The third kappa shape index (κ3) is 14.9. The second-order valence-corrected chi connectivity index (χ2v) is 13.6. The number of amides is 5. The highest BCUT2D eigenvalue weighted by Gasteiger charge is 2.31. The van der Waals surface area contributed by atoms with Gasteiger partial charge in [0.1, 0.15) is 30.2 Å². The van der Waals surface area contributed by atoms with Gasteiger partial charge in [-0.15, -0.1) is 0 Å². The first-order chi connectivity index (χ1) is 26.8. The molecule has 3 aromatic carbocycles. The monoisotopic (exact) mass is 808 g/mol. The summed E-state index contributed by atoms with van der Waals surface area (Å²) in [7, 11) is 0. The SMILES string of the molecule is NC(=O)[C@H](Cc1ccccc1)NC(=O)[C@H](CS)NC(=O)[C@H](CCCN=C(N)N)NC(=O)[C@H](CS)NC(=O)[C@H](CCCN=C(N)N)Nc1cccc2ccccc12. The molecule has 0 fully saturated rings. The zero-order valence-corrected chi connectivity index (χ0v) is 32.7. The van der Waals surface area contributed by atoms with Crippen LogP contribution in [-0.2, 0) is 30.4 Å². The van der Waals surface area contributed by atoms with Crippen molar-refractivity contribution in [1.82, 2.24) is 21.3 Å². The first-order valence-electron chi connectivity index (χ1n) is 17.9. The molecule has 5 amide bonds. The number of aliphatic imine (C=N–C) groups is 2. The molecule has 5 atom stereocenters. The third-order valence-corrected chi connectivity index (χ3v) is 9.26. The minimum absolute atomic E-state index is 0.0521. The van der Waals surface area contributed by atoms with Gasteiger partial charge in [0.15, 0.2) is 11.9 Å². The molecule has 56 heavy (non-hydrogen) atoms. The second kappa shape index (κ2) is 23.3. The van der Waals surface area contributed by atoms with Crippen LogP contribution in [0.15, 0.2) is 82.8 Å². The molecule has 3 aromatic rings. The topological polar surface area (TPSA) is 300 Å². The number of thiol groups is 2. The average molecular weight is 809 g/mol. The third-order valence-electron chi connectivity index (χ3n) is 8.53. The summed E-state index contributed by atoms with van der Waals surface area (Å²) in [6.45, 7) is 0.421. The van der Waals surface area contributed by atoms with E-state index in [4.69, 9.17) is 28.7 Å². The highest BCUT2D eigenvalue weighted by Crippen LogP contribution is 2.24. The predicted octanol–water partition coefficient (Wildman–Crippen LogP) is -0.746. The molecule has 0 bridgehead atoms. The zero-order valence-electron chi connectivity index (χ0n) is 30.9. The fraction of sp³-hybridized carbons (Fsp3) is 0.378. The maximum atomic E-state index is 13.8. The molecule has 0 heterocycles. The van der Waals surface area contributed by atoms with Gasteiger partial charge in [0.25, 0.3) is 0 Å². The van der Waals surface area contributed by atoms with Crippen molar-refractivity contribution in [2.24, 2.45) is 38.7 Å². The van der Waals surface area contributed by atoms with Gasteiger partial charge in [-0.05, 0) is 42.7 Å². The largest absolute Gasteiger partial charge is 0.373 e. The van der Waals surface area contributed by atoms with Gasteiger partial charge < -0.3 is 55.3 Å². The molecule has 0 aliphatic rings. The molecule has 15 N–H and O–H groups in total. The van der Waals surface area contributed by atoms with Gasteiger partial charge in [-0.25, -0.2) is 0 Å². The van der Waals surface area contributed by atoms with E-state index in [-0.39, 0.29) is 55.8 Å². The Bertz CT molecular complexity index is 1840. The van der Waals surface area contributed by atoms with Crippen LogP contribution in [0, 0.1) is 0 Å². The fourth-order valence-electron chi connectivity index (χ4n) is 5.63. The van der Waals surface area contributed by atoms with Crippen LogP contribution < -0.4 is 55.3 Å². The maximum Gasteiger partial charge on any atom is 0.244 e. The molecule has 0 aliphatic carbocycles. The number of rotatable bonds is 23. The standard InChI is InChI=1S/C37H52N12O5S2/c38-31(50)28(19-22-9-2-1-3-10-22)47-35(54)30(21-56)49-33(52)27(16-8-18-44-37(41)42)46-34(53)29(20-55)48-32(51)26(15-7-17-43-36(39)40)45-25-14-6-12-23-11-4-5-13-24(23)25/h1-6,9-14,26-30,45,55-56H,7-8,15-21H2,(H2,38,50)(H,46,53)(H,47,54)(H,48,51)(H,49,52)(H4,39,40,43)(H4,41,42,44)/t26-,27-,28-,29-,30-/m0/s1.